The van der Waals surface area contributed by atoms with Crippen LogP contribution in [-0.4, -0.2) is 21.5 Å². The second-order valence-corrected chi connectivity index (χ2v) is 6.84. The Bertz CT molecular complexity index is 1140. The number of aryl methyl sites for hydroxylation is 2. The van der Waals surface area contributed by atoms with Crippen LogP contribution in [0.15, 0.2) is 60.3 Å². The molecular weight excluding hydrogens is 358 g/mol. The van der Waals surface area contributed by atoms with Crippen LogP contribution in [0.25, 0.3) is 17.0 Å². The first kappa shape index (κ1) is 17.2. The summed E-state index contributed by atoms with van der Waals surface area (Å²) < 4.78 is 1.97. The third-order valence-electron chi connectivity index (χ3n) is 4.69. The monoisotopic (exact) mass is 375 g/mol. The molecule has 1 saturated heterocycles. The highest BCUT2D eigenvalue weighted by Crippen LogP contribution is 2.27. The average molecular weight is 375 g/mol. The lowest BCUT2D eigenvalue weighted by Crippen LogP contribution is -2.54. The second-order valence-electron chi connectivity index (χ2n) is 6.46. The summed E-state index contributed by atoms with van der Waals surface area (Å²) in [5, 5.41) is 3.70. The molecule has 2 heterocycles. The number of anilines is 1. The molecule has 0 bridgehead atoms. The van der Waals surface area contributed by atoms with E-state index in [-0.39, 0.29) is 10.7 Å². The minimum Gasteiger partial charge on any atom is -0.350 e. The van der Waals surface area contributed by atoms with Crippen LogP contribution in [0.2, 0.25) is 0 Å². The summed E-state index contributed by atoms with van der Waals surface area (Å²) in [7, 11) is 1.93. The van der Waals surface area contributed by atoms with Gasteiger partial charge >= 0.3 is 0 Å². The van der Waals surface area contributed by atoms with E-state index < -0.39 is 11.8 Å². The highest BCUT2D eigenvalue weighted by atomic mass is 32.1. The molecule has 1 aromatic heterocycles. The molecule has 0 aliphatic carbocycles. The number of aromatic nitrogens is 1. The number of nitrogens with one attached hydrogen (secondary N) is 1. The van der Waals surface area contributed by atoms with Gasteiger partial charge in [-0.3, -0.25) is 19.8 Å². The molecule has 1 aliphatic heterocycles. The van der Waals surface area contributed by atoms with E-state index in [4.69, 9.17) is 12.2 Å². The van der Waals surface area contributed by atoms with E-state index in [0.29, 0.717) is 5.69 Å². The van der Waals surface area contributed by atoms with Gasteiger partial charge in [-0.1, -0.05) is 36.4 Å². The number of rotatable bonds is 2. The maximum Gasteiger partial charge on any atom is 0.270 e. The van der Waals surface area contributed by atoms with Gasteiger partial charge in [0.25, 0.3) is 11.8 Å². The molecule has 134 valence electrons. The lowest BCUT2D eigenvalue weighted by atomic mass is 10.1. The molecule has 5 nitrogen and oxygen atoms in total. The molecule has 2 amide bonds. The lowest BCUT2D eigenvalue weighted by Gasteiger charge is -2.29. The molecule has 0 atom stereocenters. The molecule has 0 spiro atoms. The van der Waals surface area contributed by atoms with Crippen molar-refractivity contribution in [3.05, 3.63) is 71.4 Å². The number of fused-ring (bicyclic) bond motifs is 1. The molecule has 0 saturated carbocycles. The van der Waals surface area contributed by atoms with Crippen molar-refractivity contribution in [1.82, 2.24) is 9.88 Å². The van der Waals surface area contributed by atoms with E-state index in [1.54, 1.807) is 6.08 Å². The third kappa shape index (κ3) is 2.84. The normalized spacial score (nSPS) is 16.3. The number of carbonyl (C=O) groups is 2. The van der Waals surface area contributed by atoms with Gasteiger partial charge in [0, 0.05) is 29.7 Å². The highest BCUT2D eigenvalue weighted by Gasteiger charge is 2.35. The molecule has 6 heteroatoms. The van der Waals surface area contributed by atoms with Crippen LogP contribution in [-0.2, 0) is 16.6 Å². The Morgan fingerprint density at radius 1 is 1.04 bits per heavy atom. The van der Waals surface area contributed by atoms with Gasteiger partial charge in [0.2, 0.25) is 0 Å². The number of thiocarbonyl (C=S) groups is 1. The Morgan fingerprint density at radius 2 is 1.74 bits per heavy atom. The smallest absolute Gasteiger partial charge is 0.270 e. The lowest BCUT2D eigenvalue weighted by molar-refractivity contribution is -0.122. The minimum atomic E-state index is -0.484. The Kier molecular flexibility index (Phi) is 4.12. The number of para-hydroxylation sites is 2. The minimum absolute atomic E-state index is 0.0585. The zero-order chi connectivity index (χ0) is 19.1. The van der Waals surface area contributed by atoms with Crippen LogP contribution >= 0.6 is 12.2 Å². The molecule has 4 rings (SSSR count). The SMILES string of the molecule is Cc1ccccc1N1C(=O)/C(=C\c2cn(C)c3ccccc23)C(=O)NC1=S. The molecule has 1 fully saturated rings. The fourth-order valence-electron chi connectivity index (χ4n) is 3.33. The molecule has 0 radical (unpaired) electrons. The van der Waals surface area contributed by atoms with Crippen molar-refractivity contribution in [2.45, 2.75) is 6.92 Å². The summed E-state index contributed by atoms with van der Waals surface area (Å²) in [5.74, 6) is -0.909. The number of nitrogens with zero attached hydrogens (tertiary/aromatic N) is 2. The first-order chi connectivity index (χ1) is 13.0. The van der Waals surface area contributed by atoms with E-state index in [1.165, 1.54) is 4.90 Å². The van der Waals surface area contributed by atoms with Crippen molar-refractivity contribution < 1.29 is 9.59 Å². The van der Waals surface area contributed by atoms with E-state index in [1.807, 2.05) is 73.3 Å². The van der Waals surface area contributed by atoms with E-state index in [9.17, 15) is 9.59 Å². The van der Waals surface area contributed by atoms with Gasteiger partial charge in [0.15, 0.2) is 5.11 Å². The van der Waals surface area contributed by atoms with Crippen molar-refractivity contribution in [2.24, 2.45) is 7.05 Å². The maximum absolute atomic E-state index is 13.1. The first-order valence-corrected chi connectivity index (χ1v) is 8.89. The predicted octanol–water partition coefficient (Wildman–Crippen LogP) is 3.32. The fourth-order valence-corrected chi connectivity index (χ4v) is 3.61. The van der Waals surface area contributed by atoms with Crippen LogP contribution in [0.4, 0.5) is 5.69 Å². The number of carbonyl (C=O) groups excluding carboxylic acids is 2. The molecule has 2 aromatic carbocycles. The number of benzene rings is 2. The van der Waals surface area contributed by atoms with Crippen LogP contribution in [0.5, 0.6) is 0 Å². The van der Waals surface area contributed by atoms with Crippen molar-refractivity contribution in [3.8, 4) is 0 Å². The summed E-state index contributed by atoms with van der Waals surface area (Å²) in [4.78, 5) is 27.0. The van der Waals surface area contributed by atoms with Gasteiger partial charge in [-0.2, -0.15) is 0 Å². The number of amides is 2. The Balaban J connectivity index is 1.83. The van der Waals surface area contributed by atoms with Gasteiger partial charge in [-0.15, -0.1) is 0 Å². The van der Waals surface area contributed by atoms with Gasteiger partial charge in [-0.25, -0.2) is 0 Å². The van der Waals surface area contributed by atoms with Gasteiger partial charge in [-0.05, 0) is 42.9 Å². The quantitative estimate of drug-likeness (QED) is 0.425. The van der Waals surface area contributed by atoms with Crippen LogP contribution in [0.1, 0.15) is 11.1 Å². The van der Waals surface area contributed by atoms with Crippen LogP contribution in [0, 0.1) is 6.92 Å². The standard InChI is InChI=1S/C21H17N3O2S/c1-13-7-3-5-9-17(13)24-20(26)16(19(25)22-21(24)27)11-14-12-23(2)18-10-6-4-8-15(14)18/h3-12H,1-2H3,(H,22,25,27)/b16-11-. The summed E-state index contributed by atoms with van der Waals surface area (Å²) in [6.07, 6.45) is 3.54. The predicted molar refractivity (Wildman–Crippen MR) is 110 cm³/mol. The second kappa shape index (κ2) is 6.48. The molecule has 0 unspecified atom stereocenters. The Morgan fingerprint density at radius 3 is 2.52 bits per heavy atom. The maximum atomic E-state index is 13.1. The molecule has 27 heavy (non-hydrogen) atoms. The third-order valence-corrected chi connectivity index (χ3v) is 4.97. The van der Waals surface area contributed by atoms with Crippen molar-refractivity contribution in [2.75, 3.05) is 4.90 Å². The fraction of sp³-hybridized carbons (Fsp3) is 0.0952. The first-order valence-electron chi connectivity index (χ1n) is 8.48. The summed E-state index contributed by atoms with van der Waals surface area (Å²) >= 11 is 5.26. The molecule has 1 N–H and O–H groups in total. The topological polar surface area (TPSA) is 54.3 Å². The summed E-state index contributed by atoms with van der Waals surface area (Å²) in [5.41, 5.74) is 3.46. The highest BCUT2D eigenvalue weighted by molar-refractivity contribution is 7.80. The summed E-state index contributed by atoms with van der Waals surface area (Å²) in [6.45, 7) is 1.90. The van der Waals surface area contributed by atoms with E-state index >= 15 is 0 Å². The zero-order valence-electron chi connectivity index (χ0n) is 14.9. The van der Waals surface area contributed by atoms with E-state index in [0.717, 1.165) is 22.0 Å². The van der Waals surface area contributed by atoms with Crippen molar-refractivity contribution in [3.63, 3.8) is 0 Å². The average Bonchev–Trinajstić information content (AvgIpc) is 2.96. The van der Waals surface area contributed by atoms with Gasteiger partial charge in [0.1, 0.15) is 5.57 Å². The van der Waals surface area contributed by atoms with Crippen molar-refractivity contribution >= 4 is 51.8 Å². The zero-order valence-corrected chi connectivity index (χ0v) is 15.7. The van der Waals surface area contributed by atoms with Crippen LogP contribution in [0.3, 0.4) is 0 Å². The molecular formula is C21H17N3O2S. The van der Waals surface area contributed by atoms with Crippen molar-refractivity contribution in [1.29, 1.82) is 0 Å². The molecule has 3 aromatic rings. The van der Waals surface area contributed by atoms with Gasteiger partial charge < -0.3 is 4.57 Å². The van der Waals surface area contributed by atoms with E-state index in [2.05, 4.69) is 5.32 Å². The van der Waals surface area contributed by atoms with Gasteiger partial charge in [0.05, 0.1) is 5.69 Å². The summed E-state index contributed by atoms with van der Waals surface area (Å²) in [6, 6.07) is 15.3. The molecule has 1 aliphatic rings. The largest absolute Gasteiger partial charge is 0.350 e. The Labute approximate surface area is 161 Å². The Hall–Kier alpha value is -3.25. The number of hydrogen-bond acceptors (Lipinski definition) is 3. The van der Waals surface area contributed by atoms with Crippen LogP contribution < -0.4 is 10.2 Å². The number of hydrogen-bond donors (Lipinski definition) is 1.